The molecule has 2 amide bonds. The number of carbonyl (C=O) groups is 1. The molecule has 1 aromatic heterocycles. The van der Waals surface area contributed by atoms with Crippen molar-refractivity contribution in [3.63, 3.8) is 0 Å². The quantitative estimate of drug-likeness (QED) is 0.587. The highest BCUT2D eigenvalue weighted by Gasteiger charge is 2.23. The number of H-pyrrole nitrogens is 1. The molecule has 0 saturated carbocycles. The Morgan fingerprint density at radius 1 is 1.20 bits per heavy atom. The molecule has 8 nitrogen and oxygen atoms in total. The fourth-order valence-corrected chi connectivity index (χ4v) is 3.20. The smallest absolute Gasteiger partial charge is 0.319 e. The lowest BCUT2D eigenvalue weighted by atomic mass is 10.1. The molecule has 11 heteroatoms. The lowest BCUT2D eigenvalue weighted by molar-refractivity contribution is 0.246. The number of aromatic amines is 1. The molecule has 0 radical (unpaired) electrons. The maximum absolute atomic E-state index is 12.2. The first kappa shape index (κ1) is 17.9. The summed E-state index contributed by atoms with van der Waals surface area (Å²) in [6, 6.07) is 2.70. The molecular weight excluding hydrogens is 389 g/mol. The molecule has 1 aliphatic rings. The summed E-state index contributed by atoms with van der Waals surface area (Å²) in [7, 11) is 0. The van der Waals surface area contributed by atoms with E-state index in [1.54, 1.807) is 0 Å². The number of halogens is 3. The zero-order chi connectivity index (χ0) is 18.0. The Balaban J connectivity index is 1.52. The molecule has 2 heterocycles. The molecule has 25 heavy (non-hydrogen) atoms. The first-order valence-corrected chi connectivity index (χ1v) is 8.70. The molecule has 134 valence electrons. The van der Waals surface area contributed by atoms with E-state index in [1.807, 2.05) is 4.90 Å². The lowest BCUT2D eigenvalue weighted by Crippen LogP contribution is -2.46. The molecule has 1 fully saturated rings. The zero-order valence-corrected chi connectivity index (χ0v) is 15.3. The second-order valence-corrected chi connectivity index (χ2v) is 6.84. The lowest BCUT2D eigenvalue weighted by Gasteiger charge is -2.31. The van der Waals surface area contributed by atoms with Gasteiger partial charge in [0.1, 0.15) is 0 Å². The van der Waals surface area contributed by atoms with E-state index in [2.05, 4.69) is 25.8 Å². The molecule has 2 aromatic rings. The molecule has 0 bridgehead atoms. The number of nitrogens with two attached hydrogens (primary N) is 1. The van der Waals surface area contributed by atoms with Crippen molar-refractivity contribution in [3.05, 3.63) is 27.2 Å². The second-order valence-electron chi connectivity index (χ2n) is 5.62. The number of hydrogen-bond acceptors (Lipinski definition) is 5. The fraction of sp³-hybridized carbons (Fsp3) is 0.357. The first-order chi connectivity index (χ1) is 11.9. The van der Waals surface area contributed by atoms with Gasteiger partial charge in [-0.05, 0) is 25.0 Å². The molecular formula is C14H16Cl3N7O. The Kier molecular flexibility index (Phi) is 5.41. The minimum absolute atomic E-state index is 0.0399. The summed E-state index contributed by atoms with van der Waals surface area (Å²) in [6.45, 7) is 1.46. The molecule has 1 saturated heterocycles. The molecule has 1 aromatic carbocycles. The van der Waals surface area contributed by atoms with Crippen LogP contribution in [0.4, 0.5) is 22.4 Å². The van der Waals surface area contributed by atoms with Crippen molar-refractivity contribution in [3.8, 4) is 0 Å². The molecule has 5 N–H and O–H groups in total. The van der Waals surface area contributed by atoms with Crippen molar-refractivity contribution in [1.82, 2.24) is 20.5 Å². The number of rotatable bonds is 3. The zero-order valence-electron chi connectivity index (χ0n) is 13.0. The van der Waals surface area contributed by atoms with Crippen LogP contribution < -0.4 is 21.3 Å². The Labute approximate surface area is 159 Å². The number of urea groups is 1. The van der Waals surface area contributed by atoms with Crippen LogP contribution in [-0.4, -0.2) is 40.3 Å². The highest BCUT2D eigenvalue weighted by molar-refractivity contribution is 6.44. The monoisotopic (exact) mass is 403 g/mol. The number of nitrogens with one attached hydrogen (secondary N) is 3. The fourth-order valence-electron chi connectivity index (χ4n) is 2.60. The van der Waals surface area contributed by atoms with Crippen molar-refractivity contribution >= 4 is 58.4 Å². The number of nitrogens with zero attached hydrogens (tertiary/aromatic N) is 3. The van der Waals surface area contributed by atoms with E-state index < -0.39 is 0 Å². The maximum Gasteiger partial charge on any atom is 0.319 e. The highest BCUT2D eigenvalue weighted by atomic mass is 35.5. The maximum atomic E-state index is 12.2. The molecule has 1 aliphatic heterocycles. The number of benzene rings is 1. The van der Waals surface area contributed by atoms with Gasteiger partial charge in [-0.2, -0.15) is 4.98 Å². The Morgan fingerprint density at radius 2 is 1.88 bits per heavy atom. The third kappa shape index (κ3) is 4.39. The summed E-state index contributed by atoms with van der Waals surface area (Å²) in [5.74, 6) is 0.858. The van der Waals surface area contributed by atoms with E-state index in [1.165, 1.54) is 12.1 Å². The van der Waals surface area contributed by atoms with Crippen LogP contribution in [0.2, 0.25) is 15.1 Å². The SMILES string of the molecule is Nc1n[nH]c(N2CCC(NC(=O)Nc3cc(Cl)c(Cl)cc3Cl)CC2)n1. The summed E-state index contributed by atoms with van der Waals surface area (Å²) < 4.78 is 0. The average molecular weight is 405 g/mol. The van der Waals surface area contributed by atoms with Gasteiger partial charge in [0, 0.05) is 19.1 Å². The number of hydrogen-bond donors (Lipinski definition) is 4. The van der Waals surface area contributed by atoms with Gasteiger partial charge >= 0.3 is 6.03 Å². The predicted octanol–water partition coefficient (Wildman–Crippen LogP) is 3.14. The minimum Gasteiger partial charge on any atom is -0.366 e. The van der Waals surface area contributed by atoms with Gasteiger partial charge < -0.3 is 21.3 Å². The molecule has 3 rings (SSSR count). The Hall–Kier alpha value is -1.90. The molecule has 0 spiro atoms. The first-order valence-electron chi connectivity index (χ1n) is 7.57. The standard InChI is InChI=1S/C14H16Cl3N7O/c15-8-5-10(17)11(6-9(8)16)20-14(25)19-7-1-3-24(4-2-7)13-21-12(18)22-23-13/h5-7H,1-4H2,(H2,19,20,25)(H3,18,21,22,23). The van der Waals surface area contributed by atoms with Gasteiger partial charge in [0.25, 0.3) is 0 Å². The van der Waals surface area contributed by atoms with Gasteiger partial charge in [0.05, 0.1) is 20.8 Å². The van der Waals surface area contributed by atoms with Gasteiger partial charge in [0.15, 0.2) is 0 Å². The summed E-state index contributed by atoms with van der Waals surface area (Å²) in [5, 5.41) is 13.2. The van der Waals surface area contributed by atoms with E-state index in [9.17, 15) is 4.79 Å². The summed E-state index contributed by atoms with van der Waals surface area (Å²) in [6.07, 6.45) is 1.53. The topological polar surface area (TPSA) is 112 Å². The number of aromatic nitrogens is 3. The van der Waals surface area contributed by atoms with E-state index in [-0.39, 0.29) is 18.0 Å². The highest BCUT2D eigenvalue weighted by Crippen LogP contribution is 2.32. The van der Waals surface area contributed by atoms with Crippen molar-refractivity contribution in [2.45, 2.75) is 18.9 Å². The van der Waals surface area contributed by atoms with Gasteiger partial charge in [-0.1, -0.05) is 34.8 Å². The Morgan fingerprint density at radius 3 is 2.52 bits per heavy atom. The van der Waals surface area contributed by atoms with Crippen LogP contribution in [0.3, 0.4) is 0 Å². The van der Waals surface area contributed by atoms with Gasteiger partial charge in [-0.25, -0.2) is 9.89 Å². The largest absolute Gasteiger partial charge is 0.366 e. The van der Waals surface area contributed by atoms with Crippen molar-refractivity contribution in [2.24, 2.45) is 0 Å². The van der Waals surface area contributed by atoms with Crippen molar-refractivity contribution in [2.75, 3.05) is 29.0 Å². The van der Waals surface area contributed by atoms with Gasteiger partial charge in [0.2, 0.25) is 11.9 Å². The van der Waals surface area contributed by atoms with Crippen LogP contribution in [0.15, 0.2) is 12.1 Å². The van der Waals surface area contributed by atoms with Crippen LogP contribution in [0.5, 0.6) is 0 Å². The predicted molar refractivity (Wildman–Crippen MR) is 99.7 cm³/mol. The second kappa shape index (κ2) is 7.55. The minimum atomic E-state index is -0.345. The van der Waals surface area contributed by atoms with E-state index in [0.29, 0.717) is 26.7 Å². The summed E-state index contributed by atoms with van der Waals surface area (Å²) in [5.41, 5.74) is 5.92. The molecule has 0 aliphatic carbocycles. The number of carbonyl (C=O) groups excluding carboxylic acids is 1. The number of amides is 2. The number of anilines is 3. The van der Waals surface area contributed by atoms with Gasteiger partial charge in [-0.3, -0.25) is 0 Å². The van der Waals surface area contributed by atoms with Crippen LogP contribution >= 0.6 is 34.8 Å². The molecule has 0 atom stereocenters. The third-order valence-corrected chi connectivity index (χ3v) is 4.91. The van der Waals surface area contributed by atoms with Crippen LogP contribution in [-0.2, 0) is 0 Å². The summed E-state index contributed by atoms with van der Waals surface area (Å²) >= 11 is 17.9. The average Bonchev–Trinajstić information content (AvgIpc) is 3.00. The number of piperidine rings is 1. The van der Waals surface area contributed by atoms with Crippen molar-refractivity contribution < 1.29 is 4.79 Å². The van der Waals surface area contributed by atoms with Crippen LogP contribution in [0, 0.1) is 0 Å². The molecule has 0 unspecified atom stereocenters. The van der Waals surface area contributed by atoms with Crippen molar-refractivity contribution in [1.29, 1.82) is 0 Å². The Bertz CT molecular complexity index is 774. The third-order valence-electron chi connectivity index (χ3n) is 3.88. The number of nitrogen functional groups attached to an aromatic ring is 1. The van der Waals surface area contributed by atoms with E-state index >= 15 is 0 Å². The normalized spacial score (nSPS) is 15.2. The van der Waals surface area contributed by atoms with Gasteiger partial charge in [-0.15, -0.1) is 5.10 Å². The van der Waals surface area contributed by atoms with E-state index in [0.717, 1.165) is 25.9 Å². The summed E-state index contributed by atoms with van der Waals surface area (Å²) in [4.78, 5) is 18.3. The van der Waals surface area contributed by atoms with E-state index in [4.69, 9.17) is 40.5 Å². The van der Waals surface area contributed by atoms with Crippen LogP contribution in [0.1, 0.15) is 12.8 Å². The van der Waals surface area contributed by atoms with Crippen LogP contribution in [0.25, 0.3) is 0 Å².